The van der Waals surface area contributed by atoms with Crippen LogP contribution in [0.25, 0.3) is 27.7 Å². The third kappa shape index (κ3) is 4.86. The van der Waals surface area contributed by atoms with Crippen molar-refractivity contribution in [1.29, 1.82) is 0 Å². The fourth-order valence-electron chi connectivity index (χ4n) is 4.55. The number of carboxylic acids is 1. The molecule has 5 aromatic rings. The molecule has 7 nitrogen and oxygen atoms in total. The fourth-order valence-corrected chi connectivity index (χ4v) is 4.55. The molecule has 0 aliphatic rings. The Morgan fingerprint density at radius 2 is 1.54 bits per heavy atom. The van der Waals surface area contributed by atoms with Gasteiger partial charge in [0.05, 0.1) is 11.1 Å². The second-order valence-corrected chi connectivity index (χ2v) is 9.35. The highest BCUT2D eigenvalue weighted by Gasteiger charge is 2.32. The first-order valence-corrected chi connectivity index (χ1v) is 12.2. The standard InChI is InChI=1S/C30H21F4N3O4/c1-15-7-9-18(13-16(15)2)37-23-14-17(30(32,33)34)8-10-21(23)27(28(37)39)36-35-26-20(19-5-3-4-6-24(19)38)11-12-22(31)25(26)29(40)41/h3-14,38-39H,1-2H3,(H,40,41). The summed E-state index contributed by atoms with van der Waals surface area (Å²) in [5, 5.41) is 39.5. The molecule has 0 atom stereocenters. The second kappa shape index (κ2) is 10.1. The van der Waals surface area contributed by atoms with Gasteiger partial charge in [-0.25, -0.2) is 9.18 Å². The molecule has 1 heterocycles. The number of hydrogen-bond donors (Lipinski definition) is 3. The number of benzene rings is 4. The van der Waals surface area contributed by atoms with E-state index < -0.39 is 40.7 Å². The number of aromatic carboxylic acids is 1. The minimum absolute atomic E-state index is 0.0300. The number of carboxylic acid groups (broad SMARTS) is 1. The van der Waals surface area contributed by atoms with Crippen LogP contribution in [0.4, 0.5) is 28.9 Å². The van der Waals surface area contributed by atoms with Crippen molar-refractivity contribution in [2.24, 2.45) is 10.2 Å². The number of carbonyl (C=O) groups is 1. The van der Waals surface area contributed by atoms with E-state index in [-0.39, 0.29) is 33.5 Å². The monoisotopic (exact) mass is 563 g/mol. The number of aryl methyl sites for hydroxylation is 2. The van der Waals surface area contributed by atoms with Crippen molar-refractivity contribution >= 4 is 28.2 Å². The first kappa shape index (κ1) is 27.4. The largest absolute Gasteiger partial charge is 0.507 e. The van der Waals surface area contributed by atoms with Gasteiger partial charge in [0.25, 0.3) is 0 Å². The number of rotatable bonds is 5. The molecule has 0 aliphatic heterocycles. The summed E-state index contributed by atoms with van der Waals surface area (Å²) in [5.41, 5.74) is -0.309. The van der Waals surface area contributed by atoms with Crippen LogP contribution in [0.2, 0.25) is 0 Å². The van der Waals surface area contributed by atoms with Gasteiger partial charge in [-0.2, -0.15) is 13.2 Å². The molecule has 0 spiro atoms. The van der Waals surface area contributed by atoms with Gasteiger partial charge in [-0.15, -0.1) is 10.2 Å². The highest BCUT2D eigenvalue weighted by molar-refractivity contribution is 6.00. The molecule has 11 heteroatoms. The number of aromatic nitrogens is 1. The highest BCUT2D eigenvalue weighted by Crippen LogP contribution is 2.45. The zero-order valence-corrected chi connectivity index (χ0v) is 21.5. The molecule has 41 heavy (non-hydrogen) atoms. The van der Waals surface area contributed by atoms with Crippen LogP contribution in [-0.2, 0) is 6.18 Å². The van der Waals surface area contributed by atoms with Crippen molar-refractivity contribution in [2.45, 2.75) is 20.0 Å². The lowest BCUT2D eigenvalue weighted by Gasteiger charge is -2.11. The number of fused-ring (bicyclic) bond motifs is 1. The summed E-state index contributed by atoms with van der Waals surface area (Å²) < 4.78 is 56.7. The number of para-hydroxylation sites is 1. The van der Waals surface area contributed by atoms with Gasteiger partial charge in [0.2, 0.25) is 5.88 Å². The van der Waals surface area contributed by atoms with Crippen LogP contribution in [-0.4, -0.2) is 25.9 Å². The molecular formula is C30H21F4N3O4. The van der Waals surface area contributed by atoms with Crippen molar-refractivity contribution in [2.75, 3.05) is 0 Å². The molecular weight excluding hydrogens is 542 g/mol. The number of azo groups is 1. The van der Waals surface area contributed by atoms with E-state index in [1.54, 1.807) is 31.2 Å². The Morgan fingerprint density at radius 1 is 0.829 bits per heavy atom. The molecule has 0 amide bonds. The summed E-state index contributed by atoms with van der Waals surface area (Å²) in [6.45, 7) is 3.66. The van der Waals surface area contributed by atoms with Gasteiger partial charge in [0, 0.05) is 22.2 Å². The van der Waals surface area contributed by atoms with E-state index >= 15 is 0 Å². The number of alkyl halides is 3. The van der Waals surface area contributed by atoms with Gasteiger partial charge in [0.15, 0.2) is 5.69 Å². The van der Waals surface area contributed by atoms with Crippen molar-refractivity contribution in [3.8, 4) is 28.4 Å². The normalized spacial score (nSPS) is 12.0. The smallest absolute Gasteiger partial charge is 0.416 e. The number of hydrogen-bond acceptors (Lipinski definition) is 5. The quantitative estimate of drug-likeness (QED) is 0.147. The van der Waals surface area contributed by atoms with Crippen molar-refractivity contribution < 1.29 is 37.7 Å². The minimum Gasteiger partial charge on any atom is -0.507 e. The van der Waals surface area contributed by atoms with E-state index in [9.17, 15) is 37.7 Å². The average molecular weight is 564 g/mol. The molecule has 1 aromatic heterocycles. The number of aromatic hydroxyl groups is 2. The first-order valence-electron chi connectivity index (χ1n) is 12.2. The van der Waals surface area contributed by atoms with Crippen LogP contribution in [0, 0.1) is 19.7 Å². The zero-order valence-electron chi connectivity index (χ0n) is 21.5. The van der Waals surface area contributed by atoms with Gasteiger partial charge in [-0.3, -0.25) is 4.57 Å². The van der Waals surface area contributed by atoms with Crippen LogP contribution in [0.5, 0.6) is 11.6 Å². The van der Waals surface area contributed by atoms with E-state index in [2.05, 4.69) is 10.2 Å². The van der Waals surface area contributed by atoms with Gasteiger partial charge in [0.1, 0.15) is 22.8 Å². The van der Waals surface area contributed by atoms with Crippen LogP contribution < -0.4 is 0 Å². The predicted molar refractivity (Wildman–Crippen MR) is 144 cm³/mol. The average Bonchev–Trinajstić information content (AvgIpc) is 3.19. The molecule has 0 saturated heterocycles. The van der Waals surface area contributed by atoms with E-state index in [0.717, 1.165) is 35.4 Å². The number of phenolic OH excluding ortho intramolecular Hbond substituents is 1. The van der Waals surface area contributed by atoms with Crippen LogP contribution in [0.3, 0.4) is 0 Å². The number of phenols is 1. The molecule has 3 N–H and O–H groups in total. The Morgan fingerprint density at radius 3 is 2.20 bits per heavy atom. The van der Waals surface area contributed by atoms with Crippen molar-refractivity contribution in [1.82, 2.24) is 4.57 Å². The van der Waals surface area contributed by atoms with Gasteiger partial charge >= 0.3 is 12.1 Å². The fraction of sp³-hybridized carbons (Fsp3) is 0.100. The molecule has 0 radical (unpaired) electrons. The molecule has 0 saturated carbocycles. The minimum atomic E-state index is -4.67. The van der Waals surface area contributed by atoms with Crippen molar-refractivity contribution in [3.63, 3.8) is 0 Å². The Kier molecular flexibility index (Phi) is 6.74. The molecule has 0 fully saturated rings. The van der Waals surface area contributed by atoms with Crippen molar-refractivity contribution in [3.05, 3.63) is 101 Å². The predicted octanol–water partition coefficient (Wildman–Crippen LogP) is 8.60. The Bertz CT molecular complexity index is 1880. The first-order chi connectivity index (χ1) is 19.4. The van der Waals surface area contributed by atoms with E-state index in [4.69, 9.17) is 0 Å². The lowest BCUT2D eigenvalue weighted by molar-refractivity contribution is -0.137. The van der Waals surface area contributed by atoms with E-state index in [0.29, 0.717) is 5.69 Å². The molecule has 0 unspecified atom stereocenters. The molecule has 5 rings (SSSR count). The number of halogens is 4. The zero-order chi connectivity index (χ0) is 29.6. The Hall–Kier alpha value is -5.19. The lowest BCUT2D eigenvalue weighted by atomic mass is 9.99. The summed E-state index contributed by atoms with van der Waals surface area (Å²) in [6.07, 6.45) is -4.67. The maximum Gasteiger partial charge on any atom is 0.416 e. The summed E-state index contributed by atoms with van der Waals surface area (Å²) in [4.78, 5) is 12.0. The Labute approximate surface area is 230 Å². The topological polar surface area (TPSA) is 107 Å². The molecule has 0 bridgehead atoms. The van der Waals surface area contributed by atoms with E-state index in [1.807, 2.05) is 6.92 Å². The van der Waals surface area contributed by atoms with Gasteiger partial charge in [-0.05, 0) is 73.5 Å². The third-order valence-electron chi connectivity index (χ3n) is 6.78. The lowest BCUT2D eigenvalue weighted by Crippen LogP contribution is -2.05. The van der Waals surface area contributed by atoms with Crippen LogP contribution in [0.15, 0.2) is 83.0 Å². The SMILES string of the molecule is Cc1ccc(-n2c(O)c(N=Nc3c(-c4ccccc4O)ccc(F)c3C(=O)O)c3ccc(C(F)(F)F)cc32)cc1C. The molecule has 208 valence electrons. The second-order valence-electron chi connectivity index (χ2n) is 9.35. The van der Waals surface area contributed by atoms with Gasteiger partial charge < -0.3 is 15.3 Å². The van der Waals surface area contributed by atoms with Gasteiger partial charge in [-0.1, -0.05) is 24.3 Å². The summed E-state index contributed by atoms with van der Waals surface area (Å²) >= 11 is 0. The summed E-state index contributed by atoms with van der Waals surface area (Å²) in [7, 11) is 0. The summed E-state index contributed by atoms with van der Waals surface area (Å²) in [5.74, 6) is -3.59. The van der Waals surface area contributed by atoms with Crippen LogP contribution in [0.1, 0.15) is 27.0 Å². The Balaban J connectivity index is 1.79. The molecule has 0 aliphatic carbocycles. The van der Waals surface area contributed by atoms with Crippen LogP contribution >= 0.6 is 0 Å². The third-order valence-corrected chi connectivity index (χ3v) is 6.78. The maximum absolute atomic E-state index is 14.7. The summed E-state index contributed by atoms with van der Waals surface area (Å²) in [6, 6.07) is 15.9. The highest BCUT2D eigenvalue weighted by atomic mass is 19.4. The maximum atomic E-state index is 14.7. The van der Waals surface area contributed by atoms with E-state index in [1.165, 1.54) is 28.8 Å². The molecule has 4 aromatic carbocycles. The number of nitrogens with zero attached hydrogens (tertiary/aromatic N) is 3.